The Hall–Kier alpha value is -0.290. The third-order valence-electron chi connectivity index (χ3n) is 3.62. The van der Waals surface area contributed by atoms with Gasteiger partial charge in [-0.2, -0.15) is 0 Å². The first-order chi connectivity index (χ1) is 8.85. The molecule has 2 aliphatic rings. The molecule has 0 radical (unpaired) electrons. The van der Waals surface area contributed by atoms with Crippen molar-refractivity contribution in [3.05, 3.63) is 0 Å². The van der Waals surface area contributed by atoms with Gasteiger partial charge in [-0.25, -0.2) is 4.79 Å². The monoisotopic (exact) mass is 333 g/mol. The third-order valence-corrected chi connectivity index (χ3v) is 4.50. The topological polar surface area (TPSA) is 38.8 Å². The number of carbonyl (C=O) groups excluding carboxylic acids is 1. The fourth-order valence-electron chi connectivity index (χ4n) is 2.29. The third kappa shape index (κ3) is 4.35. The molecule has 0 aromatic rings. The molecule has 4 nitrogen and oxygen atoms in total. The van der Waals surface area contributed by atoms with Crippen LogP contribution in [0, 0.1) is 5.92 Å². The zero-order valence-corrected chi connectivity index (χ0v) is 13.6. The average molecular weight is 334 g/mol. The zero-order chi connectivity index (χ0) is 14.0. The Balaban J connectivity index is 1.77. The maximum absolute atomic E-state index is 12.0. The first-order valence-electron chi connectivity index (χ1n) is 7.09. The van der Waals surface area contributed by atoms with Crippen LogP contribution in [0.25, 0.3) is 0 Å². The second-order valence-electron chi connectivity index (χ2n) is 6.57. The van der Waals surface area contributed by atoms with Crippen molar-refractivity contribution in [3.63, 3.8) is 0 Å². The number of amides is 1. The molecule has 0 N–H and O–H groups in total. The van der Waals surface area contributed by atoms with Gasteiger partial charge in [0, 0.05) is 13.2 Å². The lowest BCUT2D eigenvalue weighted by Crippen LogP contribution is -2.36. The van der Waals surface area contributed by atoms with Crippen LogP contribution in [0.5, 0.6) is 0 Å². The Morgan fingerprint density at radius 1 is 1.32 bits per heavy atom. The highest BCUT2D eigenvalue weighted by Crippen LogP contribution is 2.29. The Kier molecular flexibility index (Phi) is 4.77. The molecule has 0 spiro atoms. The molecule has 5 heteroatoms. The Morgan fingerprint density at radius 2 is 2.00 bits per heavy atom. The van der Waals surface area contributed by atoms with E-state index in [4.69, 9.17) is 9.47 Å². The van der Waals surface area contributed by atoms with Crippen LogP contribution in [0.2, 0.25) is 0 Å². The van der Waals surface area contributed by atoms with Crippen molar-refractivity contribution in [1.29, 1.82) is 0 Å². The first kappa shape index (κ1) is 15.1. The number of nitrogens with zero attached hydrogens (tertiary/aromatic N) is 1. The first-order valence-corrected chi connectivity index (χ1v) is 8.00. The number of likely N-dealkylation sites (tertiary alicyclic amines) is 1. The Morgan fingerprint density at radius 3 is 2.53 bits per heavy atom. The molecule has 1 aliphatic heterocycles. The Bertz CT molecular complexity index is 325. The number of hydrogen-bond acceptors (Lipinski definition) is 3. The van der Waals surface area contributed by atoms with Crippen LogP contribution < -0.4 is 0 Å². The zero-order valence-electron chi connectivity index (χ0n) is 12.0. The number of alkyl halides is 1. The summed E-state index contributed by atoms with van der Waals surface area (Å²) in [6.07, 6.45) is 3.76. The van der Waals surface area contributed by atoms with Crippen LogP contribution in [0.15, 0.2) is 0 Å². The van der Waals surface area contributed by atoms with Crippen LogP contribution in [0.4, 0.5) is 4.79 Å². The molecular weight excluding hydrogens is 310 g/mol. The summed E-state index contributed by atoms with van der Waals surface area (Å²) >= 11 is 3.61. The van der Waals surface area contributed by atoms with E-state index in [0.29, 0.717) is 13.1 Å². The lowest BCUT2D eigenvalue weighted by Gasteiger charge is -2.27. The molecule has 0 bridgehead atoms. The molecule has 1 aliphatic carbocycles. The number of rotatable bonds is 3. The van der Waals surface area contributed by atoms with E-state index in [0.717, 1.165) is 12.5 Å². The van der Waals surface area contributed by atoms with Gasteiger partial charge in [0.2, 0.25) is 0 Å². The standard InChI is InChI=1S/C14H24BrNO3/c1-14(2,3)19-13(17)16-7-11(15)12(8-16)18-9-10-5-4-6-10/h10-12H,4-9H2,1-3H3. The van der Waals surface area contributed by atoms with Crippen molar-refractivity contribution >= 4 is 22.0 Å². The normalized spacial score (nSPS) is 28.3. The number of hydrogen-bond donors (Lipinski definition) is 0. The van der Waals surface area contributed by atoms with Crippen LogP contribution in [0.3, 0.4) is 0 Å². The highest BCUT2D eigenvalue weighted by Gasteiger charge is 2.37. The molecule has 1 amide bonds. The van der Waals surface area contributed by atoms with Crippen molar-refractivity contribution in [1.82, 2.24) is 4.90 Å². The molecule has 2 rings (SSSR count). The van der Waals surface area contributed by atoms with Crippen LogP contribution >= 0.6 is 15.9 Å². The lowest BCUT2D eigenvalue weighted by molar-refractivity contribution is 0.00769. The van der Waals surface area contributed by atoms with Gasteiger partial charge in [-0.1, -0.05) is 22.4 Å². The summed E-state index contributed by atoms with van der Waals surface area (Å²) in [6, 6.07) is 0. The van der Waals surface area contributed by atoms with Crippen LogP contribution in [-0.4, -0.2) is 47.2 Å². The summed E-state index contributed by atoms with van der Waals surface area (Å²) in [4.78, 5) is 13.9. The summed E-state index contributed by atoms with van der Waals surface area (Å²) in [6.45, 7) is 7.77. The fourth-order valence-corrected chi connectivity index (χ4v) is 2.96. The molecule has 0 aromatic heterocycles. The van der Waals surface area contributed by atoms with Crippen molar-refractivity contribution in [3.8, 4) is 0 Å². The number of halogens is 1. The maximum atomic E-state index is 12.0. The molecule has 1 saturated carbocycles. The summed E-state index contributed by atoms with van der Waals surface area (Å²) in [5.74, 6) is 0.732. The van der Waals surface area contributed by atoms with Crippen LogP contribution in [0.1, 0.15) is 40.0 Å². The van der Waals surface area contributed by atoms with Gasteiger partial charge in [-0.15, -0.1) is 0 Å². The quantitative estimate of drug-likeness (QED) is 0.744. The predicted molar refractivity (Wildman–Crippen MR) is 77.6 cm³/mol. The van der Waals surface area contributed by atoms with Crippen molar-refractivity contribution in [2.45, 2.75) is 56.6 Å². The minimum absolute atomic E-state index is 0.0909. The molecule has 2 unspecified atom stereocenters. The molecule has 2 atom stereocenters. The Labute approximate surface area is 123 Å². The molecule has 110 valence electrons. The van der Waals surface area contributed by atoms with Crippen molar-refractivity contribution in [2.24, 2.45) is 5.92 Å². The van der Waals surface area contributed by atoms with Gasteiger partial charge in [0.05, 0.1) is 17.5 Å². The summed E-state index contributed by atoms with van der Waals surface area (Å²) < 4.78 is 11.3. The van der Waals surface area contributed by atoms with Gasteiger partial charge in [0.1, 0.15) is 5.60 Å². The van der Waals surface area contributed by atoms with Crippen molar-refractivity contribution in [2.75, 3.05) is 19.7 Å². The van der Waals surface area contributed by atoms with Gasteiger partial charge < -0.3 is 14.4 Å². The second-order valence-corrected chi connectivity index (χ2v) is 7.75. The van der Waals surface area contributed by atoms with Crippen LogP contribution in [-0.2, 0) is 9.47 Å². The summed E-state index contributed by atoms with van der Waals surface area (Å²) in [7, 11) is 0. The smallest absolute Gasteiger partial charge is 0.410 e. The highest BCUT2D eigenvalue weighted by atomic mass is 79.9. The summed E-state index contributed by atoms with van der Waals surface area (Å²) in [5, 5.41) is 0. The summed E-state index contributed by atoms with van der Waals surface area (Å²) in [5.41, 5.74) is -0.441. The largest absolute Gasteiger partial charge is 0.444 e. The maximum Gasteiger partial charge on any atom is 0.410 e. The van der Waals surface area contributed by atoms with Gasteiger partial charge >= 0.3 is 6.09 Å². The molecule has 1 saturated heterocycles. The van der Waals surface area contributed by atoms with Gasteiger partial charge in [0.25, 0.3) is 0 Å². The molecular formula is C14H24BrNO3. The van der Waals surface area contributed by atoms with E-state index in [-0.39, 0.29) is 17.0 Å². The molecule has 1 heterocycles. The van der Waals surface area contributed by atoms with Gasteiger partial charge in [0.15, 0.2) is 0 Å². The van der Waals surface area contributed by atoms with E-state index in [9.17, 15) is 4.79 Å². The van der Waals surface area contributed by atoms with Crippen molar-refractivity contribution < 1.29 is 14.3 Å². The minimum atomic E-state index is -0.441. The lowest BCUT2D eigenvalue weighted by atomic mass is 9.86. The highest BCUT2D eigenvalue weighted by molar-refractivity contribution is 9.09. The van der Waals surface area contributed by atoms with E-state index in [1.54, 1.807) is 4.90 Å². The van der Waals surface area contributed by atoms with E-state index < -0.39 is 5.60 Å². The predicted octanol–water partition coefficient (Wildman–Crippen LogP) is 3.19. The number of carbonyl (C=O) groups is 1. The molecule has 0 aromatic carbocycles. The van der Waals surface area contributed by atoms with E-state index in [1.807, 2.05) is 20.8 Å². The van der Waals surface area contributed by atoms with Gasteiger partial charge in [-0.3, -0.25) is 0 Å². The number of ether oxygens (including phenoxy) is 2. The SMILES string of the molecule is CC(C)(C)OC(=O)N1CC(Br)C(OCC2CCC2)C1. The van der Waals surface area contributed by atoms with E-state index in [1.165, 1.54) is 19.3 Å². The van der Waals surface area contributed by atoms with E-state index in [2.05, 4.69) is 15.9 Å². The van der Waals surface area contributed by atoms with Gasteiger partial charge in [-0.05, 0) is 39.5 Å². The minimum Gasteiger partial charge on any atom is -0.444 e. The fraction of sp³-hybridized carbons (Fsp3) is 0.929. The molecule has 19 heavy (non-hydrogen) atoms. The van der Waals surface area contributed by atoms with E-state index >= 15 is 0 Å². The average Bonchev–Trinajstić information content (AvgIpc) is 2.55. The second kappa shape index (κ2) is 6.00. The molecule has 2 fully saturated rings.